The Hall–Kier alpha value is -8.41. The first-order valence-electron chi connectivity index (χ1n) is 24.5. The van der Waals surface area contributed by atoms with Crippen LogP contribution in [0.4, 0.5) is 0 Å². The van der Waals surface area contributed by atoms with Crippen molar-refractivity contribution in [2.75, 3.05) is 0 Å². The molecule has 1 unspecified atom stereocenters. The second-order valence-corrected chi connectivity index (χ2v) is 19.5. The highest BCUT2D eigenvalue weighted by Crippen LogP contribution is 2.51. The van der Waals surface area contributed by atoms with E-state index in [1.54, 1.807) is 0 Å². The van der Waals surface area contributed by atoms with Crippen molar-refractivity contribution in [1.82, 2.24) is 19.5 Å². The lowest BCUT2D eigenvalue weighted by Crippen LogP contribution is -2.15. The summed E-state index contributed by atoms with van der Waals surface area (Å²) in [4.78, 5) is 15.8. The summed E-state index contributed by atoms with van der Waals surface area (Å²) < 4.78 is 8.77. The molecule has 0 fully saturated rings. The van der Waals surface area contributed by atoms with Gasteiger partial charge in [-0.05, 0) is 123 Å². The summed E-state index contributed by atoms with van der Waals surface area (Å²) in [6, 6.07) is 71.9. The van der Waals surface area contributed by atoms with Crippen LogP contribution in [0.15, 0.2) is 205 Å². The minimum atomic E-state index is -0.0266. The zero-order valence-electron chi connectivity index (χ0n) is 39.7. The van der Waals surface area contributed by atoms with Gasteiger partial charge in [-0.1, -0.05) is 185 Å². The largest absolute Gasteiger partial charge is 0.456 e. The first-order chi connectivity index (χ1) is 34.3. The molecule has 336 valence electrons. The van der Waals surface area contributed by atoms with Gasteiger partial charge in [0.2, 0.25) is 5.95 Å². The van der Waals surface area contributed by atoms with Crippen molar-refractivity contribution in [2.45, 2.75) is 51.9 Å². The monoisotopic (exact) mass is 902 g/mol. The van der Waals surface area contributed by atoms with Crippen LogP contribution in [0.3, 0.4) is 0 Å². The van der Waals surface area contributed by atoms with Gasteiger partial charge in [0.15, 0.2) is 11.6 Å². The van der Waals surface area contributed by atoms with Gasteiger partial charge >= 0.3 is 0 Å². The van der Waals surface area contributed by atoms with E-state index in [1.165, 1.54) is 50.1 Å². The summed E-state index contributed by atoms with van der Waals surface area (Å²) in [5.74, 6) is 2.06. The molecule has 0 saturated carbocycles. The van der Waals surface area contributed by atoms with Crippen molar-refractivity contribution >= 4 is 43.7 Å². The third kappa shape index (κ3) is 6.71. The van der Waals surface area contributed by atoms with Crippen LogP contribution in [0.25, 0.3) is 106 Å². The molecule has 5 heteroatoms. The van der Waals surface area contributed by atoms with Crippen LogP contribution in [0.1, 0.15) is 60.9 Å². The van der Waals surface area contributed by atoms with Crippen molar-refractivity contribution in [2.24, 2.45) is 0 Å². The van der Waals surface area contributed by atoms with Gasteiger partial charge < -0.3 is 4.42 Å². The number of furan rings is 1. The molecule has 1 atom stereocenters. The van der Waals surface area contributed by atoms with Gasteiger partial charge in [0.25, 0.3) is 0 Å². The SMILES string of the molecule is CCC(Cc1ccccc1-c1cc2c(cc1C)C(C)(C)c1ccccc1-2)c1ccc(-c2nc(-c3ccc4c(c3)oc3cccc(-c5ccccc5)c34)nc(-n3c4ccccc4c4ccccc43)n2)cc1. The van der Waals surface area contributed by atoms with E-state index < -0.39 is 0 Å². The Morgan fingerprint density at radius 1 is 0.486 bits per heavy atom. The minimum absolute atomic E-state index is 0.0266. The maximum absolute atomic E-state index is 6.60. The van der Waals surface area contributed by atoms with Crippen molar-refractivity contribution < 1.29 is 4.42 Å². The highest BCUT2D eigenvalue weighted by atomic mass is 16.3. The van der Waals surface area contributed by atoms with Crippen LogP contribution < -0.4 is 0 Å². The van der Waals surface area contributed by atoms with Crippen molar-refractivity contribution in [3.63, 3.8) is 0 Å². The van der Waals surface area contributed by atoms with E-state index in [0.717, 1.165) is 78.8 Å². The number of nitrogens with zero attached hydrogens (tertiary/aromatic N) is 4. The summed E-state index contributed by atoms with van der Waals surface area (Å²) in [6.45, 7) is 9.30. The zero-order chi connectivity index (χ0) is 47.1. The first kappa shape index (κ1) is 41.8. The topological polar surface area (TPSA) is 56.7 Å². The molecule has 5 nitrogen and oxygen atoms in total. The molecule has 3 heterocycles. The summed E-state index contributed by atoms with van der Waals surface area (Å²) in [7, 11) is 0. The van der Waals surface area contributed by atoms with Gasteiger partial charge in [-0.25, -0.2) is 4.98 Å². The van der Waals surface area contributed by atoms with E-state index in [2.05, 4.69) is 220 Å². The summed E-state index contributed by atoms with van der Waals surface area (Å²) in [5.41, 5.74) is 19.9. The average molecular weight is 903 g/mol. The highest BCUT2D eigenvalue weighted by Gasteiger charge is 2.36. The number of aromatic nitrogens is 4. The van der Waals surface area contributed by atoms with E-state index in [-0.39, 0.29) is 5.41 Å². The third-order valence-electron chi connectivity index (χ3n) is 15.1. The molecule has 9 aromatic carbocycles. The number of para-hydroxylation sites is 2. The summed E-state index contributed by atoms with van der Waals surface area (Å²) in [6.07, 6.45) is 1.93. The Kier molecular flexibility index (Phi) is 9.77. The maximum Gasteiger partial charge on any atom is 0.238 e. The van der Waals surface area contributed by atoms with E-state index in [9.17, 15) is 0 Å². The van der Waals surface area contributed by atoms with Gasteiger partial charge in [-0.2, -0.15) is 9.97 Å². The molecule has 0 N–H and O–H groups in total. The van der Waals surface area contributed by atoms with Crippen LogP contribution in [0.2, 0.25) is 0 Å². The molecular formula is C65H50N4O. The van der Waals surface area contributed by atoms with E-state index in [1.807, 2.05) is 12.1 Å². The predicted molar refractivity (Wildman–Crippen MR) is 289 cm³/mol. The smallest absolute Gasteiger partial charge is 0.238 e. The zero-order valence-corrected chi connectivity index (χ0v) is 39.7. The Bertz CT molecular complexity index is 3950. The Labute approximate surface area is 407 Å². The predicted octanol–water partition coefficient (Wildman–Crippen LogP) is 16.9. The fourth-order valence-electron chi connectivity index (χ4n) is 11.5. The lowest BCUT2D eigenvalue weighted by Gasteiger charge is -2.23. The van der Waals surface area contributed by atoms with Crippen molar-refractivity contribution in [3.05, 3.63) is 228 Å². The molecule has 3 aromatic heterocycles. The third-order valence-corrected chi connectivity index (χ3v) is 15.1. The van der Waals surface area contributed by atoms with Gasteiger partial charge in [-0.3, -0.25) is 4.57 Å². The number of hydrogen-bond acceptors (Lipinski definition) is 4. The van der Waals surface area contributed by atoms with E-state index >= 15 is 0 Å². The van der Waals surface area contributed by atoms with Crippen LogP contribution in [0, 0.1) is 6.92 Å². The second-order valence-electron chi connectivity index (χ2n) is 19.5. The Morgan fingerprint density at radius 3 is 1.89 bits per heavy atom. The summed E-state index contributed by atoms with van der Waals surface area (Å²) in [5, 5.41) is 4.45. The van der Waals surface area contributed by atoms with Crippen molar-refractivity contribution in [1.29, 1.82) is 0 Å². The van der Waals surface area contributed by atoms with Gasteiger partial charge in [0.1, 0.15) is 11.2 Å². The Balaban J connectivity index is 0.890. The standard InChI is InChI=1S/C65H50N4O/c1-5-41(37-45-20-9-10-21-47(45)53-39-54-49-22-11-14-26-55(49)65(3,4)56(54)36-40(53)2)42-30-32-44(33-31-42)62-66-63(68-64(67-62)69-57-27-15-12-23-50(57)51-24-13-16-28-58(51)69)46-34-35-52-60(38-46)70-59-29-17-25-48(61(52)59)43-18-7-6-8-19-43/h6-36,38-39,41H,5,37H2,1-4H3. The molecule has 12 aromatic rings. The van der Waals surface area contributed by atoms with Crippen LogP contribution in [0.5, 0.6) is 0 Å². The van der Waals surface area contributed by atoms with Crippen LogP contribution >= 0.6 is 0 Å². The lowest BCUT2D eigenvalue weighted by molar-refractivity contribution is 0.659. The molecule has 0 saturated heterocycles. The van der Waals surface area contributed by atoms with Gasteiger partial charge in [-0.15, -0.1) is 0 Å². The molecule has 1 aliphatic rings. The molecule has 0 bridgehead atoms. The Morgan fingerprint density at radius 2 is 1.13 bits per heavy atom. The van der Waals surface area contributed by atoms with Gasteiger partial charge in [0.05, 0.1) is 11.0 Å². The quantitative estimate of drug-likeness (QED) is 0.145. The van der Waals surface area contributed by atoms with E-state index in [4.69, 9.17) is 19.4 Å². The maximum atomic E-state index is 6.60. The summed E-state index contributed by atoms with van der Waals surface area (Å²) >= 11 is 0. The lowest BCUT2D eigenvalue weighted by atomic mass is 9.80. The normalized spacial score (nSPS) is 13.3. The van der Waals surface area contributed by atoms with Crippen LogP contribution in [-0.2, 0) is 11.8 Å². The fraction of sp³-hybridized carbons (Fsp3) is 0.123. The number of aryl methyl sites for hydroxylation is 1. The molecule has 0 aliphatic heterocycles. The molecule has 13 rings (SSSR count). The minimum Gasteiger partial charge on any atom is -0.456 e. The van der Waals surface area contributed by atoms with E-state index in [0.29, 0.717) is 23.5 Å². The number of rotatable bonds is 9. The van der Waals surface area contributed by atoms with Crippen molar-refractivity contribution in [3.8, 4) is 62.1 Å². The highest BCUT2D eigenvalue weighted by molar-refractivity contribution is 6.13. The molecular weight excluding hydrogens is 853 g/mol. The molecule has 70 heavy (non-hydrogen) atoms. The van der Waals surface area contributed by atoms with Gasteiger partial charge in [0, 0.05) is 38.1 Å². The van der Waals surface area contributed by atoms with Crippen LogP contribution in [-0.4, -0.2) is 19.5 Å². The fourth-order valence-corrected chi connectivity index (χ4v) is 11.5. The number of hydrogen-bond donors (Lipinski definition) is 0. The molecule has 1 aliphatic carbocycles. The average Bonchev–Trinajstić information content (AvgIpc) is 4.03. The second kappa shape index (κ2) is 16.4. The molecule has 0 spiro atoms. The first-order valence-corrected chi connectivity index (χ1v) is 24.5. The molecule has 0 radical (unpaired) electrons. The number of benzene rings is 9. The molecule has 0 amide bonds. The number of fused-ring (bicyclic) bond motifs is 9.